The van der Waals surface area contributed by atoms with Gasteiger partial charge in [0.1, 0.15) is 11.3 Å². The molecule has 112 valence electrons. The van der Waals surface area contributed by atoms with Crippen LogP contribution in [-0.2, 0) is 9.84 Å². The Morgan fingerprint density at radius 3 is 2.77 bits per heavy atom. The summed E-state index contributed by atoms with van der Waals surface area (Å²) in [6.45, 7) is 0. The van der Waals surface area contributed by atoms with Crippen LogP contribution in [-0.4, -0.2) is 39.4 Å². The summed E-state index contributed by atoms with van der Waals surface area (Å²) in [5, 5.41) is 0. The van der Waals surface area contributed by atoms with E-state index in [2.05, 4.69) is 15.0 Å². The molecule has 0 N–H and O–H groups in total. The van der Waals surface area contributed by atoms with Gasteiger partial charge in [0.05, 0.1) is 23.4 Å². The molecule has 4 rings (SSSR count). The Bertz CT molecular complexity index is 935. The van der Waals surface area contributed by atoms with Crippen LogP contribution in [0.5, 0.6) is 0 Å². The molecular formula is C15H14N4O2S. The van der Waals surface area contributed by atoms with Crippen molar-refractivity contribution in [2.45, 2.75) is 12.3 Å². The number of hydrogen-bond acceptors (Lipinski definition) is 5. The Balaban J connectivity index is 1.95. The van der Waals surface area contributed by atoms with E-state index in [4.69, 9.17) is 0 Å². The zero-order chi connectivity index (χ0) is 15.2. The Kier molecular flexibility index (Phi) is 2.97. The zero-order valence-electron chi connectivity index (χ0n) is 11.8. The average Bonchev–Trinajstić information content (AvgIpc) is 3.08. The molecule has 1 unspecified atom stereocenters. The molecule has 0 radical (unpaired) electrons. The first-order valence-corrected chi connectivity index (χ1v) is 8.90. The van der Waals surface area contributed by atoms with Gasteiger partial charge in [-0.15, -0.1) is 0 Å². The first kappa shape index (κ1) is 13.4. The third-order valence-corrected chi connectivity index (χ3v) is 5.71. The molecule has 0 aromatic carbocycles. The van der Waals surface area contributed by atoms with Gasteiger partial charge < -0.3 is 0 Å². The van der Waals surface area contributed by atoms with Crippen LogP contribution in [0.2, 0.25) is 0 Å². The predicted molar refractivity (Wildman–Crippen MR) is 82.7 cm³/mol. The highest BCUT2D eigenvalue weighted by Crippen LogP contribution is 2.32. The number of rotatable bonds is 2. The van der Waals surface area contributed by atoms with Crippen LogP contribution in [0.25, 0.3) is 16.9 Å². The van der Waals surface area contributed by atoms with Gasteiger partial charge in [0.25, 0.3) is 0 Å². The zero-order valence-corrected chi connectivity index (χ0v) is 12.6. The maximum Gasteiger partial charge on any atom is 0.164 e. The van der Waals surface area contributed by atoms with Crippen molar-refractivity contribution in [1.29, 1.82) is 0 Å². The van der Waals surface area contributed by atoms with Crippen molar-refractivity contribution in [2.24, 2.45) is 0 Å². The van der Waals surface area contributed by atoms with Crippen LogP contribution < -0.4 is 0 Å². The number of nitrogens with zero attached hydrogens (tertiary/aromatic N) is 4. The Morgan fingerprint density at radius 1 is 1.18 bits per heavy atom. The summed E-state index contributed by atoms with van der Waals surface area (Å²) in [4.78, 5) is 13.2. The lowest BCUT2D eigenvalue weighted by atomic mass is 10.1. The molecule has 1 fully saturated rings. The fourth-order valence-corrected chi connectivity index (χ4v) is 4.68. The van der Waals surface area contributed by atoms with Crippen LogP contribution in [0.1, 0.15) is 18.2 Å². The normalized spacial score (nSPS) is 20.5. The molecule has 22 heavy (non-hydrogen) atoms. The molecule has 4 heterocycles. The minimum Gasteiger partial charge on any atom is -0.279 e. The molecule has 0 spiro atoms. The molecule has 0 amide bonds. The first-order chi connectivity index (χ1) is 10.6. The number of sulfone groups is 1. The van der Waals surface area contributed by atoms with Crippen molar-refractivity contribution in [3.05, 3.63) is 48.7 Å². The van der Waals surface area contributed by atoms with E-state index in [-0.39, 0.29) is 17.4 Å². The van der Waals surface area contributed by atoms with Gasteiger partial charge in [-0.05, 0) is 30.7 Å². The molecule has 1 aliphatic rings. The largest absolute Gasteiger partial charge is 0.279 e. The SMILES string of the molecule is O=S1(=O)CCC(c2nc3cccnc3n2-c2cccnc2)C1. The molecule has 7 heteroatoms. The lowest BCUT2D eigenvalue weighted by molar-refractivity contribution is 0.601. The third-order valence-electron chi connectivity index (χ3n) is 3.94. The summed E-state index contributed by atoms with van der Waals surface area (Å²) in [6, 6.07) is 7.50. The van der Waals surface area contributed by atoms with Crippen molar-refractivity contribution in [3.63, 3.8) is 0 Å². The highest BCUT2D eigenvalue weighted by molar-refractivity contribution is 7.91. The van der Waals surface area contributed by atoms with Gasteiger partial charge in [0, 0.05) is 18.3 Å². The van der Waals surface area contributed by atoms with E-state index < -0.39 is 9.84 Å². The predicted octanol–water partition coefficient (Wildman–Crippen LogP) is 1.72. The molecule has 3 aromatic heterocycles. The maximum atomic E-state index is 11.8. The van der Waals surface area contributed by atoms with Crippen molar-refractivity contribution in [3.8, 4) is 5.69 Å². The second-order valence-corrected chi connectivity index (χ2v) is 7.69. The summed E-state index contributed by atoms with van der Waals surface area (Å²) in [5.74, 6) is 1.03. The lowest BCUT2D eigenvalue weighted by Crippen LogP contribution is -2.10. The molecule has 1 aliphatic heterocycles. The van der Waals surface area contributed by atoms with E-state index in [0.29, 0.717) is 6.42 Å². The van der Waals surface area contributed by atoms with Crippen LogP contribution in [0, 0.1) is 0 Å². The van der Waals surface area contributed by atoms with Crippen molar-refractivity contribution in [2.75, 3.05) is 11.5 Å². The molecule has 3 aromatic rings. The van der Waals surface area contributed by atoms with Crippen LogP contribution in [0.4, 0.5) is 0 Å². The molecule has 1 atom stereocenters. The maximum absolute atomic E-state index is 11.8. The summed E-state index contributed by atoms with van der Waals surface area (Å²) < 4.78 is 25.5. The Labute approximate surface area is 127 Å². The van der Waals surface area contributed by atoms with E-state index in [0.717, 1.165) is 22.7 Å². The first-order valence-electron chi connectivity index (χ1n) is 7.08. The van der Waals surface area contributed by atoms with E-state index >= 15 is 0 Å². The fourth-order valence-electron chi connectivity index (χ4n) is 2.94. The smallest absolute Gasteiger partial charge is 0.164 e. The minimum atomic E-state index is -2.97. The molecule has 0 bridgehead atoms. The molecular weight excluding hydrogens is 300 g/mol. The Morgan fingerprint density at radius 2 is 2.05 bits per heavy atom. The van der Waals surface area contributed by atoms with Crippen LogP contribution in [0.15, 0.2) is 42.9 Å². The number of pyridine rings is 2. The number of hydrogen-bond donors (Lipinski definition) is 0. The van der Waals surface area contributed by atoms with Crippen LogP contribution >= 0.6 is 0 Å². The van der Waals surface area contributed by atoms with Gasteiger partial charge in [-0.25, -0.2) is 18.4 Å². The van der Waals surface area contributed by atoms with Crippen LogP contribution in [0.3, 0.4) is 0 Å². The van der Waals surface area contributed by atoms with Gasteiger partial charge in [-0.2, -0.15) is 0 Å². The molecule has 1 saturated heterocycles. The van der Waals surface area contributed by atoms with Crippen molar-refractivity contribution >= 4 is 21.0 Å². The fraction of sp³-hybridized carbons (Fsp3) is 0.267. The van der Waals surface area contributed by atoms with Crippen molar-refractivity contribution < 1.29 is 8.42 Å². The summed E-state index contributed by atoms with van der Waals surface area (Å²) in [6.07, 6.45) is 5.76. The standard InChI is InChI=1S/C15H14N4O2S/c20-22(21)8-5-11(10-22)14-18-13-4-2-7-17-15(13)19(14)12-3-1-6-16-9-12/h1-4,6-7,9,11H,5,8,10H2. The summed E-state index contributed by atoms with van der Waals surface area (Å²) in [5.41, 5.74) is 2.35. The highest BCUT2D eigenvalue weighted by Gasteiger charge is 2.33. The second kappa shape index (κ2) is 4.88. The monoisotopic (exact) mass is 314 g/mol. The number of imidazole rings is 1. The number of fused-ring (bicyclic) bond motifs is 1. The van der Waals surface area contributed by atoms with Gasteiger partial charge in [0.15, 0.2) is 15.5 Å². The summed E-state index contributed by atoms with van der Waals surface area (Å²) >= 11 is 0. The third kappa shape index (κ3) is 2.18. The van der Waals surface area contributed by atoms with Crippen molar-refractivity contribution in [1.82, 2.24) is 19.5 Å². The second-order valence-electron chi connectivity index (χ2n) is 5.46. The molecule has 0 saturated carbocycles. The van der Waals surface area contributed by atoms with E-state index in [1.54, 1.807) is 18.6 Å². The van der Waals surface area contributed by atoms with Gasteiger partial charge in [-0.3, -0.25) is 9.55 Å². The van der Waals surface area contributed by atoms with Gasteiger partial charge in [-0.1, -0.05) is 0 Å². The molecule has 6 nitrogen and oxygen atoms in total. The van der Waals surface area contributed by atoms with E-state index in [1.807, 2.05) is 28.8 Å². The lowest BCUT2D eigenvalue weighted by Gasteiger charge is -2.11. The average molecular weight is 314 g/mol. The van der Waals surface area contributed by atoms with E-state index in [9.17, 15) is 8.42 Å². The van der Waals surface area contributed by atoms with E-state index in [1.165, 1.54) is 0 Å². The van der Waals surface area contributed by atoms with Gasteiger partial charge in [0.2, 0.25) is 0 Å². The number of aromatic nitrogens is 4. The minimum absolute atomic E-state index is 0.0978. The van der Waals surface area contributed by atoms with Gasteiger partial charge >= 0.3 is 0 Å². The topological polar surface area (TPSA) is 77.7 Å². The quantitative estimate of drug-likeness (QED) is 0.719. The molecule has 0 aliphatic carbocycles. The Hall–Kier alpha value is -2.28. The highest BCUT2D eigenvalue weighted by atomic mass is 32.2. The summed E-state index contributed by atoms with van der Waals surface area (Å²) in [7, 11) is -2.97.